The van der Waals surface area contributed by atoms with Crippen LogP contribution in [-0.4, -0.2) is 15.9 Å². The van der Waals surface area contributed by atoms with Crippen LogP contribution in [-0.2, 0) is 11.2 Å². The van der Waals surface area contributed by atoms with Crippen LogP contribution >= 0.6 is 11.3 Å². The zero-order valence-electron chi connectivity index (χ0n) is 16.1. The van der Waals surface area contributed by atoms with Gasteiger partial charge in [0.15, 0.2) is 5.13 Å². The first-order valence-corrected chi connectivity index (χ1v) is 10.1. The van der Waals surface area contributed by atoms with Crippen molar-refractivity contribution in [3.05, 3.63) is 82.5 Å². The second-order valence-electron chi connectivity index (χ2n) is 6.83. The predicted molar refractivity (Wildman–Crippen MR) is 115 cm³/mol. The summed E-state index contributed by atoms with van der Waals surface area (Å²) in [5.41, 5.74) is 5.69. The van der Waals surface area contributed by atoms with Gasteiger partial charge in [-0.3, -0.25) is 14.7 Å². The third-order valence-corrected chi connectivity index (χ3v) is 5.82. The molecule has 0 saturated heterocycles. The number of rotatable bonds is 4. The molecular weight excluding hydrogens is 366 g/mol. The largest absolute Gasteiger partial charge is 0.274 e. The van der Waals surface area contributed by atoms with Crippen LogP contribution in [0.2, 0.25) is 0 Å². The summed E-state index contributed by atoms with van der Waals surface area (Å²) < 4.78 is 0. The van der Waals surface area contributed by atoms with E-state index in [1.54, 1.807) is 4.90 Å². The highest BCUT2D eigenvalue weighted by Gasteiger charge is 2.23. The van der Waals surface area contributed by atoms with Gasteiger partial charge in [0.25, 0.3) is 0 Å². The van der Waals surface area contributed by atoms with Crippen molar-refractivity contribution < 1.29 is 4.79 Å². The van der Waals surface area contributed by atoms with Crippen molar-refractivity contribution in [1.29, 1.82) is 0 Å². The molecule has 0 atom stereocenters. The third kappa shape index (κ3) is 3.41. The fourth-order valence-electron chi connectivity index (χ4n) is 3.44. The predicted octanol–water partition coefficient (Wildman–Crippen LogP) is 5.52. The van der Waals surface area contributed by atoms with Gasteiger partial charge in [-0.1, -0.05) is 36.4 Å². The second kappa shape index (κ2) is 7.52. The Hall–Kier alpha value is -3.05. The fraction of sp³-hybridized carbons (Fsp3) is 0.174. The van der Waals surface area contributed by atoms with Gasteiger partial charge in [-0.05, 0) is 50.1 Å². The third-order valence-electron chi connectivity index (χ3n) is 4.88. The molecule has 140 valence electrons. The molecule has 4 aromatic rings. The molecule has 1 amide bonds. The Balaban J connectivity index is 1.76. The number of hydrogen-bond donors (Lipinski definition) is 0. The molecule has 2 heterocycles. The van der Waals surface area contributed by atoms with E-state index >= 15 is 0 Å². The Morgan fingerprint density at radius 2 is 1.68 bits per heavy atom. The van der Waals surface area contributed by atoms with Gasteiger partial charge in [0.2, 0.25) is 5.91 Å². The number of benzene rings is 2. The number of para-hydroxylation sites is 2. The Kier molecular flexibility index (Phi) is 4.92. The molecule has 28 heavy (non-hydrogen) atoms. The summed E-state index contributed by atoms with van der Waals surface area (Å²) in [6.45, 7) is 5.98. The van der Waals surface area contributed by atoms with E-state index in [1.807, 2.05) is 67.8 Å². The normalized spacial score (nSPS) is 11.0. The summed E-state index contributed by atoms with van der Waals surface area (Å²) in [5.74, 6) is -0.0103. The van der Waals surface area contributed by atoms with E-state index in [2.05, 4.69) is 18.0 Å². The zero-order valence-corrected chi connectivity index (χ0v) is 17.0. The van der Waals surface area contributed by atoms with Gasteiger partial charge in [-0.15, -0.1) is 11.3 Å². The average Bonchev–Trinajstić information content (AvgIpc) is 3.12. The molecule has 0 spiro atoms. The van der Waals surface area contributed by atoms with Crippen LogP contribution in [0.15, 0.2) is 60.0 Å². The Morgan fingerprint density at radius 1 is 0.964 bits per heavy atom. The molecule has 0 bridgehead atoms. The van der Waals surface area contributed by atoms with Crippen molar-refractivity contribution >= 4 is 39.0 Å². The number of amides is 1. The number of carbonyl (C=O) groups is 1. The van der Waals surface area contributed by atoms with Crippen molar-refractivity contribution in [2.45, 2.75) is 27.2 Å². The number of nitrogens with zero attached hydrogens (tertiary/aromatic N) is 3. The highest BCUT2D eigenvalue weighted by Crippen LogP contribution is 2.30. The molecule has 0 fully saturated rings. The molecule has 4 nitrogen and oxygen atoms in total. The Labute approximate surface area is 168 Å². The monoisotopic (exact) mass is 387 g/mol. The summed E-state index contributed by atoms with van der Waals surface area (Å²) in [5, 5.41) is 3.75. The summed E-state index contributed by atoms with van der Waals surface area (Å²) in [4.78, 5) is 24.4. The molecule has 0 radical (unpaired) electrons. The van der Waals surface area contributed by atoms with Crippen LogP contribution in [0.25, 0.3) is 10.9 Å². The van der Waals surface area contributed by atoms with Gasteiger partial charge in [0.1, 0.15) is 0 Å². The maximum absolute atomic E-state index is 13.4. The lowest BCUT2D eigenvalue weighted by atomic mass is 9.99. The highest BCUT2D eigenvalue weighted by atomic mass is 32.1. The topological polar surface area (TPSA) is 46.1 Å². The number of aryl methyl sites for hydroxylation is 3. The van der Waals surface area contributed by atoms with Crippen molar-refractivity contribution in [3.63, 3.8) is 0 Å². The molecule has 0 aliphatic heterocycles. The zero-order chi connectivity index (χ0) is 19.7. The fourth-order valence-corrected chi connectivity index (χ4v) is 4.28. The Morgan fingerprint density at radius 3 is 2.39 bits per heavy atom. The van der Waals surface area contributed by atoms with Gasteiger partial charge >= 0.3 is 0 Å². The van der Waals surface area contributed by atoms with Gasteiger partial charge < -0.3 is 0 Å². The van der Waals surface area contributed by atoms with Crippen molar-refractivity contribution in [2.75, 3.05) is 4.90 Å². The summed E-state index contributed by atoms with van der Waals surface area (Å²) >= 11 is 1.48. The molecule has 2 aromatic heterocycles. The second-order valence-corrected chi connectivity index (χ2v) is 7.67. The SMILES string of the molecule is Cc1csc(N(C(=O)Cc2c(C)nc3ccccc3c2C)c2ccccc2)n1. The molecule has 5 heteroatoms. The lowest BCUT2D eigenvalue weighted by molar-refractivity contribution is -0.117. The van der Waals surface area contributed by atoms with Crippen molar-refractivity contribution in [1.82, 2.24) is 9.97 Å². The number of anilines is 2. The highest BCUT2D eigenvalue weighted by molar-refractivity contribution is 7.14. The minimum atomic E-state index is -0.0103. The lowest BCUT2D eigenvalue weighted by Crippen LogP contribution is -2.28. The summed E-state index contributed by atoms with van der Waals surface area (Å²) in [7, 11) is 0. The minimum absolute atomic E-state index is 0.0103. The first kappa shape index (κ1) is 18.3. The first-order chi connectivity index (χ1) is 13.5. The van der Waals surface area contributed by atoms with E-state index in [0.717, 1.165) is 39.1 Å². The van der Waals surface area contributed by atoms with Crippen LogP contribution in [0, 0.1) is 20.8 Å². The van der Waals surface area contributed by atoms with E-state index in [1.165, 1.54) is 11.3 Å². The molecule has 0 saturated carbocycles. The molecule has 0 unspecified atom stereocenters. The van der Waals surface area contributed by atoms with Gasteiger partial charge in [0, 0.05) is 16.5 Å². The van der Waals surface area contributed by atoms with Crippen LogP contribution < -0.4 is 4.90 Å². The number of pyridine rings is 1. The van der Waals surface area contributed by atoms with Gasteiger partial charge in [-0.25, -0.2) is 4.98 Å². The smallest absolute Gasteiger partial charge is 0.237 e. The van der Waals surface area contributed by atoms with Gasteiger partial charge in [0.05, 0.1) is 23.3 Å². The van der Waals surface area contributed by atoms with Gasteiger partial charge in [-0.2, -0.15) is 0 Å². The van der Waals surface area contributed by atoms with Crippen LogP contribution in [0.3, 0.4) is 0 Å². The van der Waals surface area contributed by atoms with E-state index in [4.69, 9.17) is 4.98 Å². The van der Waals surface area contributed by atoms with E-state index in [9.17, 15) is 4.79 Å². The number of hydrogen-bond acceptors (Lipinski definition) is 4. The van der Waals surface area contributed by atoms with E-state index in [-0.39, 0.29) is 12.3 Å². The molecular formula is C23H21N3OS. The maximum Gasteiger partial charge on any atom is 0.237 e. The molecule has 2 aromatic carbocycles. The van der Waals surface area contributed by atoms with Crippen molar-refractivity contribution in [2.24, 2.45) is 0 Å². The molecule has 4 rings (SSSR count). The van der Waals surface area contributed by atoms with E-state index < -0.39 is 0 Å². The molecule has 0 aliphatic carbocycles. The molecule has 0 N–H and O–H groups in total. The summed E-state index contributed by atoms with van der Waals surface area (Å²) in [6, 6.07) is 17.8. The average molecular weight is 388 g/mol. The lowest BCUT2D eigenvalue weighted by Gasteiger charge is -2.21. The molecule has 0 aliphatic rings. The number of fused-ring (bicyclic) bond motifs is 1. The minimum Gasteiger partial charge on any atom is -0.274 e. The first-order valence-electron chi connectivity index (χ1n) is 9.19. The summed E-state index contributed by atoms with van der Waals surface area (Å²) in [6.07, 6.45) is 0.281. The number of carbonyl (C=O) groups excluding carboxylic acids is 1. The Bertz CT molecular complexity index is 1150. The van der Waals surface area contributed by atoms with Crippen LogP contribution in [0.4, 0.5) is 10.8 Å². The maximum atomic E-state index is 13.4. The van der Waals surface area contributed by atoms with Crippen LogP contribution in [0.1, 0.15) is 22.5 Å². The number of aromatic nitrogens is 2. The standard InChI is InChI=1S/C23H21N3OS/c1-15-14-28-23(24-15)26(18-9-5-4-6-10-18)22(27)13-20-16(2)19-11-7-8-12-21(19)25-17(20)3/h4-12,14H,13H2,1-3H3. The van der Waals surface area contributed by atoms with E-state index in [0.29, 0.717) is 5.13 Å². The quantitative estimate of drug-likeness (QED) is 0.463. The van der Waals surface area contributed by atoms with Crippen molar-refractivity contribution in [3.8, 4) is 0 Å². The van der Waals surface area contributed by atoms with Crippen LogP contribution in [0.5, 0.6) is 0 Å². The number of thiazole rings is 1.